The largest absolute Gasteiger partial charge is 0.490 e. The summed E-state index contributed by atoms with van der Waals surface area (Å²) in [5.74, 6) is 0.624. The number of carbonyl (C=O) groups is 1. The van der Waals surface area contributed by atoms with Gasteiger partial charge in [-0.2, -0.15) is 0 Å². The van der Waals surface area contributed by atoms with Crippen molar-refractivity contribution in [3.8, 4) is 5.75 Å². The van der Waals surface area contributed by atoms with Crippen molar-refractivity contribution in [3.63, 3.8) is 0 Å². The van der Waals surface area contributed by atoms with Crippen LogP contribution < -0.4 is 10.1 Å². The molecule has 0 saturated carbocycles. The topological polar surface area (TPSA) is 68.1 Å². The molecule has 2 aromatic rings. The Morgan fingerprint density at radius 3 is 2.78 bits per heavy atom. The summed E-state index contributed by atoms with van der Waals surface area (Å²) in [5.41, 5.74) is 2.65. The molecule has 0 spiro atoms. The molecule has 1 saturated heterocycles. The fourth-order valence-corrected chi connectivity index (χ4v) is 3.77. The Hall–Kier alpha value is -2.12. The molecule has 1 aliphatic rings. The van der Waals surface area contributed by atoms with Crippen LogP contribution in [-0.2, 0) is 16.1 Å². The molecule has 0 bridgehead atoms. The fourth-order valence-electron chi connectivity index (χ4n) is 3.77. The van der Waals surface area contributed by atoms with Crippen LogP contribution in [0.15, 0.2) is 18.3 Å². The highest BCUT2D eigenvalue weighted by Crippen LogP contribution is 2.28. The lowest BCUT2D eigenvalue weighted by molar-refractivity contribution is -0.143. The standard InChI is InChI=1S/C20H30N4O3/c1-5-27-17-7-6-10-24-16(15(2)22-19(17)24)14-21-20(13-18(25)26-4)8-11-23(3)12-9-20/h6-7,10,21H,5,8-9,11-14H2,1-4H3. The highest BCUT2D eigenvalue weighted by Gasteiger charge is 2.36. The molecule has 0 aliphatic carbocycles. The lowest BCUT2D eigenvalue weighted by Gasteiger charge is -2.41. The molecule has 1 aliphatic heterocycles. The minimum absolute atomic E-state index is 0.166. The number of nitrogens with one attached hydrogen (secondary N) is 1. The third-order valence-corrected chi connectivity index (χ3v) is 5.50. The predicted octanol–water partition coefficient (Wildman–Crippen LogP) is 2.16. The summed E-state index contributed by atoms with van der Waals surface area (Å²) in [6.45, 7) is 7.16. The zero-order valence-corrected chi connectivity index (χ0v) is 16.7. The number of pyridine rings is 1. The first-order valence-electron chi connectivity index (χ1n) is 9.58. The second kappa shape index (κ2) is 8.27. The number of imidazole rings is 1. The van der Waals surface area contributed by atoms with Gasteiger partial charge in [0.1, 0.15) is 0 Å². The average molecular weight is 374 g/mol. The Kier molecular flexibility index (Phi) is 6.01. The van der Waals surface area contributed by atoms with Gasteiger partial charge in [0.05, 0.1) is 31.5 Å². The quantitative estimate of drug-likeness (QED) is 0.749. The van der Waals surface area contributed by atoms with Crippen LogP contribution in [0.4, 0.5) is 0 Å². The molecule has 0 amide bonds. The molecule has 0 unspecified atom stereocenters. The summed E-state index contributed by atoms with van der Waals surface area (Å²) >= 11 is 0. The Morgan fingerprint density at radius 1 is 1.37 bits per heavy atom. The van der Waals surface area contributed by atoms with Crippen molar-refractivity contribution in [2.24, 2.45) is 0 Å². The van der Waals surface area contributed by atoms with Gasteiger partial charge in [0.15, 0.2) is 11.4 Å². The molecule has 3 heterocycles. The third kappa shape index (κ3) is 4.25. The highest BCUT2D eigenvalue weighted by atomic mass is 16.5. The smallest absolute Gasteiger partial charge is 0.307 e. The number of methoxy groups -OCH3 is 1. The van der Waals surface area contributed by atoms with Crippen molar-refractivity contribution in [2.75, 3.05) is 33.9 Å². The summed E-state index contributed by atoms with van der Waals surface area (Å²) in [6, 6.07) is 3.92. The number of esters is 1. The minimum atomic E-state index is -0.242. The molecule has 3 rings (SSSR count). The van der Waals surface area contributed by atoms with E-state index in [1.54, 1.807) is 0 Å². The van der Waals surface area contributed by atoms with Gasteiger partial charge >= 0.3 is 5.97 Å². The first-order valence-corrected chi connectivity index (χ1v) is 9.58. The first kappa shape index (κ1) is 19.6. The number of hydrogen-bond donors (Lipinski definition) is 1. The molecule has 7 heteroatoms. The van der Waals surface area contributed by atoms with E-state index in [2.05, 4.69) is 21.7 Å². The van der Waals surface area contributed by atoms with Gasteiger partial charge in [0, 0.05) is 18.3 Å². The summed E-state index contributed by atoms with van der Waals surface area (Å²) in [7, 11) is 3.57. The number of hydrogen-bond acceptors (Lipinski definition) is 6. The molecule has 0 radical (unpaired) electrons. The van der Waals surface area contributed by atoms with Gasteiger partial charge in [-0.15, -0.1) is 0 Å². The molecule has 2 aromatic heterocycles. The van der Waals surface area contributed by atoms with Gasteiger partial charge < -0.3 is 19.7 Å². The fraction of sp³-hybridized carbons (Fsp3) is 0.600. The maximum Gasteiger partial charge on any atom is 0.307 e. The van der Waals surface area contributed by atoms with Crippen LogP contribution in [0.1, 0.15) is 37.6 Å². The summed E-state index contributed by atoms with van der Waals surface area (Å²) in [6.07, 6.45) is 4.23. The minimum Gasteiger partial charge on any atom is -0.490 e. The van der Waals surface area contributed by atoms with Crippen molar-refractivity contribution in [1.29, 1.82) is 0 Å². The van der Waals surface area contributed by atoms with Crippen LogP contribution in [0.5, 0.6) is 5.75 Å². The van der Waals surface area contributed by atoms with Gasteiger partial charge in [0.25, 0.3) is 0 Å². The Balaban J connectivity index is 1.84. The van der Waals surface area contributed by atoms with Crippen LogP contribution in [0.25, 0.3) is 5.65 Å². The number of carbonyl (C=O) groups excluding carboxylic acids is 1. The second-order valence-corrected chi connectivity index (χ2v) is 7.33. The van der Waals surface area contributed by atoms with E-state index in [-0.39, 0.29) is 11.5 Å². The van der Waals surface area contributed by atoms with Crippen LogP contribution >= 0.6 is 0 Å². The van der Waals surface area contributed by atoms with E-state index >= 15 is 0 Å². The number of fused-ring (bicyclic) bond motifs is 1. The molecule has 1 N–H and O–H groups in total. The number of likely N-dealkylation sites (tertiary alicyclic amines) is 1. The van der Waals surface area contributed by atoms with E-state index in [1.165, 1.54) is 7.11 Å². The van der Waals surface area contributed by atoms with Crippen molar-refractivity contribution >= 4 is 11.6 Å². The van der Waals surface area contributed by atoms with Gasteiger partial charge in [-0.3, -0.25) is 9.20 Å². The zero-order chi connectivity index (χ0) is 19.4. The molecule has 27 heavy (non-hydrogen) atoms. The highest BCUT2D eigenvalue weighted by molar-refractivity contribution is 5.70. The van der Waals surface area contributed by atoms with Crippen LogP contribution in [0, 0.1) is 6.92 Å². The number of ether oxygens (including phenoxy) is 2. The summed E-state index contributed by atoms with van der Waals surface area (Å²) in [4.78, 5) is 19.0. The monoisotopic (exact) mass is 374 g/mol. The number of aryl methyl sites for hydroxylation is 1. The van der Waals surface area contributed by atoms with Gasteiger partial charge in [0.2, 0.25) is 0 Å². The summed E-state index contributed by atoms with van der Waals surface area (Å²) in [5, 5.41) is 3.68. The van der Waals surface area contributed by atoms with Crippen LogP contribution in [0.3, 0.4) is 0 Å². The second-order valence-electron chi connectivity index (χ2n) is 7.33. The SMILES string of the molecule is CCOc1cccn2c(CNC3(CC(=O)OC)CCN(C)CC3)c(C)nc12. The Morgan fingerprint density at radius 2 is 2.11 bits per heavy atom. The van der Waals surface area contributed by atoms with Crippen molar-refractivity contribution in [1.82, 2.24) is 19.6 Å². The maximum absolute atomic E-state index is 12.0. The van der Waals surface area contributed by atoms with Crippen molar-refractivity contribution < 1.29 is 14.3 Å². The maximum atomic E-state index is 12.0. The van der Waals surface area contributed by atoms with E-state index in [9.17, 15) is 4.79 Å². The van der Waals surface area contributed by atoms with Crippen LogP contribution in [0.2, 0.25) is 0 Å². The van der Waals surface area contributed by atoms with E-state index < -0.39 is 0 Å². The van der Waals surface area contributed by atoms with Crippen molar-refractivity contribution in [2.45, 2.75) is 45.2 Å². The Bertz CT molecular complexity index is 794. The number of piperidine rings is 1. The predicted molar refractivity (Wildman–Crippen MR) is 104 cm³/mol. The number of aromatic nitrogens is 2. The van der Waals surface area contributed by atoms with Gasteiger partial charge in [-0.05, 0) is 59.0 Å². The van der Waals surface area contributed by atoms with Gasteiger partial charge in [-0.25, -0.2) is 4.98 Å². The van der Waals surface area contributed by atoms with Gasteiger partial charge in [-0.1, -0.05) is 0 Å². The molecule has 7 nitrogen and oxygen atoms in total. The van der Waals surface area contributed by atoms with E-state index in [0.717, 1.165) is 48.7 Å². The normalized spacial score (nSPS) is 17.2. The lowest BCUT2D eigenvalue weighted by Crippen LogP contribution is -2.53. The molecule has 1 fully saturated rings. The molecule has 0 aromatic carbocycles. The molecular weight excluding hydrogens is 344 g/mol. The zero-order valence-electron chi connectivity index (χ0n) is 16.7. The lowest BCUT2D eigenvalue weighted by atomic mass is 9.84. The number of nitrogens with zero attached hydrogens (tertiary/aromatic N) is 3. The molecule has 148 valence electrons. The Labute approximate surface area is 160 Å². The van der Waals surface area contributed by atoms with Crippen molar-refractivity contribution in [3.05, 3.63) is 29.7 Å². The van der Waals surface area contributed by atoms with Crippen LogP contribution in [-0.4, -0.2) is 59.6 Å². The van der Waals surface area contributed by atoms with E-state index in [1.807, 2.05) is 32.2 Å². The third-order valence-electron chi connectivity index (χ3n) is 5.50. The van der Waals surface area contributed by atoms with E-state index in [0.29, 0.717) is 19.6 Å². The van der Waals surface area contributed by atoms with E-state index in [4.69, 9.17) is 14.5 Å². The molecular formula is C20H30N4O3. The average Bonchev–Trinajstić information content (AvgIpc) is 2.99. The molecule has 0 atom stereocenters. The first-order chi connectivity index (χ1) is 13.0. The number of rotatable bonds is 7. The summed E-state index contributed by atoms with van der Waals surface area (Å²) < 4.78 is 12.7.